The minimum absolute atomic E-state index is 0.0595. The summed E-state index contributed by atoms with van der Waals surface area (Å²) in [6.07, 6.45) is 0. The van der Waals surface area contributed by atoms with E-state index in [1.807, 2.05) is 11.0 Å². The Hall–Kier alpha value is -4.99. The lowest BCUT2D eigenvalue weighted by atomic mass is 10.1. The molecule has 3 amide bonds. The zero-order chi connectivity index (χ0) is 36.4. The zero-order valence-corrected chi connectivity index (χ0v) is 28.7. The van der Waals surface area contributed by atoms with Gasteiger partial charge in [-0.25, -0.2) is 18.6 Å². The zero-order valence-electron chi connectivity index (χ0n) is 27.1. The minimum atomic E-state index is -2.95. The van der Waals surface area contributed by atoms with E-state index in [0.717, 1.165) is 0 Å². The van der Waals surface area contributed by atoms with Crippen LogP contribution >= 0.6 is 23.2 Å². The van der Waals surface area contributed by atoms with Crippen LogP contribution in [-0.4, -0.2) is 94.1 Å². The number of carbonyl (C=O) groups is 4. The van der Waals surface area contributed by atoms with Crippen LogP contribution in [0.5, 0.6) is 0 Å². The second-order valence-corrected chi connectivity index (χ2v) is 12.4. The van der Waals surface area contributed by atoms with Crippen molar-refractivity contribution in [3.8, 4) is 0 Å². The van der Waals surface area contributed by atoms with E-state index in [9.17, 15) is 28.0 Å². The number of hydrogen-bond acceptors (Lipinski definition) is 10. The molecule has 2 heterocycles. The fourth-order valence-electron chi connectivity index (χ4n) is 5.05. The van der Waals surface area contributed by atoms with Crippen molar-refractivity contribution in [3.63, 3.8) is 0 Å². The maximum absolute atomic E-state index is 13.4. The number of hydrogen-bond donors (Lipinski definition) is 5. The molecular formula is C34H35Cl2F2N7O6. The van der Waals surface area contributed by atoms with Gasteiger partial charge in [0, 0.05) is 36.6 Å². The Kier molecular flexibility index (Phi) is 12.6. The lowest BCUT2D eigenvalue weighted by Crippen LogP contribution is -2.50. The Balaban J connectivity index is 1.19. The van der Waals surface area contributed by atoms with Crippen molar-refractivity contribution in [1.82, 2.24) is 21.3 Å². The smallest absolute Gasteiger partial charge is 0.330 e. The van der Waals surface area contributed by atoms with Crippen molar-refractivity contribution in [3.05, 3.63) is 93.5 Å². The number of aliphatic imine (C=N–C) groups is 1. The summed E-state index contributed by atoms with van der Waals surface area (Å²) in [6.45, 7) is 0.120. The van der Waals surface area contributed by atoms with Crippen LogP contribution in [0.1, 0.15) is 26.3 Å². The third-order valence-electron chi connectivity index (χ3n) is 7.73. The number of nitrogens with one attached hydrogen (secondary N) is 5. The topological polar surface area (TPSA) is 162 Å². The average molecular weight is 747 g/mol. The van der Waals surface area contributed by atoms with Crippen molar-refractivity contribution >= 4 is 64.2 Å². The van der Waals surface area contributed by atoms with E-state index in [4.69, 9.17) is 32.7 Å². The normalized spacial score (nSPS) is 15.8. The number of alkyl halides is 2. The van der Waals surface area contributed by atoms with E-state index < -0.39 is 55.3 Å². The highest BCUT2D eigenvalue weighted by Crippen LogP contribution is 2.31. The molecule has 2 aliphatic heterocycles. The number of nitrogens with zero attached hydrogens (tertiary/aromatic N) is 2. The van der Waals surface area contributed by atoms with Crippen molar-refractivity contribution in [2.75, 3.05) is 62.7 Å². The van der Waals surface area contributed by atoms with Gasteiger partial charge in [-0.1, -0.05) is 59.6 Å². The number of halogens is 4. The Morgan fingerprint density at radius 3 is 2.37 bits per heavy atom. The molecule has 0 saturated carbocycles. The van der Waals surface area contributed by atoms with Crippen LogP contribution in [0.15, 0.2) is 71.7 Å². The van der Waals surface area contributed by atoms with Gasteiger partial charge in [-0.2, -0.15) is 0 Å². The van der Waals surface area contributed by atoms with Crippen LogP contribution in [0.2, 0.25) is 10.0 Å². The maximum atomic E-state index is 13.4. The SMILES string of the molecule is O=C(CNC(=O)c1cccc(NC2=NCC(F)(F)CN2)c1)NC[C@H](NC(=O)c1c(Cl)cc(N2CCOCC2)cc1Cl)C(=O)OCc1ccccc1. The number of esters is 1. The van der Waals surface area contributed by atoms with E-state index in [0.29, 0.717) is 43.2 Å². The molecule has 0 aromatic heterocycles. The largest absolute Gasteiger partial charge is 0.459 e. The standard InChI is InChI=1S/C34H35Cl2F2N7O6/c35-25-14-24(45-9-11-50-12-10-45)15-26(36)29(25)31(48)44-27(32(49)51-18-21-5-2-1-3-6-21)16-39-28(46)17-40-30(47)22-7-4-8-23(13-22)43-33-41-19-34(37,38)20-42-33/h1-8,13-15,27H,9-12,16-20H2,(H,39,46)(H,40,47)(H,44,48)(H2,41,42,43)/t27-/m0/s1. The molecule has 13 nitrogen and oxygen atoms in total. The van der Waals surface area contributed by atoms with Crippen LogP contribution in [0.25, 0.3) is 0 Å². The number of guanidine groups is 1. The predicted molar refractivity (Wildman–Crippen MR) is 188 cm³/mol. The summed E-state index contributed by atoms with van der Waals surface area (Å²) in [6, 6.07) is 16.9. The molecule has 3 aromatic rings. The fraction of sp³-hybridized carbons (Fsp3) is 0.324. The first-order valence-electron chi connectivity index (χ1n) is 15.9. The first-order chi connectivity index (χ1) is 24.5. The quantitative estimate of drug-likeness (QED) is 0.175. The molecule has 0 aliphatic carbocycles. The van der Waals surface area contributed by atoms with Gasteiger partial charge in [0.1, 0.15) is 19.2 Å². The molecule has 5 rings (SSSR count). The van der Waals surface area contributed by atoms with Gasteiger partial charge in [0.2, 0.25) is 5.91 Å². The van der Waals surface area contributed by atoms with Crippen LogP contribution in [0.4, 0.5) is 20.2 Å². The molecule has 1 saturated heterocycles. The predicted octanol–water partition coefficient (Wildman–Crippen LogP) is 3.22. The van der Waals surface area contributed by atoms with Crippen LogP contribution in [0.3, 0.4) is 0 Å². The molecule has 51 heavy (non-hydrogen) atoms. The highest BCUT2D eigenvalue weighted by Gasteiger charge is 2.32. The van der Waals surface area contributed by atoms with Crippen molar-refractivity contribution in [2.24, 2.45) is 4.99 Å². The Labute approximate surface area is 302 Å². The molecule has 0 unspecified atom stereocenters. The minimum Gasteiger partial charge on any atom is -0.459 e. The summed E-state index contributed by atoms with van der Waals surface area (Å²) in [5, 5.41) is 13.0. The molecule has 5 N–H and O–H groups in total. The van der Waals surface area contributed by atoms with Gasteiger partial charge in [-0.05, 0) is 35.9 Å². The molecule has 0 radical (unpaired) electrons. The number of anilines is 2. The summed E-state index contributed by atoms with van der Waals surface area (Å²) in [5.41, 5.74) is 1.95. The number of morpholine rings is 1. The maximum Gasteiger partial charge on any atom is 0.330 e. The highest BCUT2D eigenvalue weighted by molar-refractivity contribution is 6.40. The van der Waals surface area contributed by atoms with Gasteiger partial charge < -0.3 is 41.0 Å². The lowest BCUT2D eigenvalue weighted by Gasteiger charge is -2.29. The van der Waals surface area contributed by atoms with Gasteiger partial charge >= 0.3 is 5.97 Å². The Morgan fingerprint density at radius 2 is 1.69 bits per heavy atom. The number of rotatable bonds is 12. The van der Waals surface area contributed by atoms with Crippen LogP contribution in [-0.2, 0) is 25.7 Å². The van der Waals surface area contributed by atoms with E-state index in [1.165, 1.54) is 12.1 Å². The molecular weight excluding hydrogens is 711 g/mol. The van der Waals surface area contributed by atoms with Gasteiger partial charge in [0.15, 0.2) is 5.96 Å². The summed E-state index contributed by atoms with van der Waals surface area (Å²) in [5.74, 6) is -5.68. The van der Waals surface area contributed by atoms with Crippen molar-refractivity contribution in [1.29, 1.82) is 0 Å². The van der Waals surface area contributed by atoms with Crippen LogP contribution < -0.4 is 31.5 Å². The first kappa shape index (κ1) is 37.3. The van der Waals surface area contributed by atoms with Crippen molar-refractivity contribution < 1.29 is 37.4 Å². The van der Waals surface area contributed by atoms with Crippen LogP contribution in [0, 0.1) is 0 Å². The number of carbonyl (C=O) groups excluding carboxylic acids is 4. The van der Waals surface area contributed by atoms with E-state index in [2.05, 4.69) is 31.6 Å². The van der Waals surface area contributed by atoms with Gasteiger partial charge in [-0.3, -0.25) is 14.4 Å². The molecule has 1 fully saturated rings. The summed E-state index contributed by atoms with van der Waals surface area (Å²) < 4.78 is 37.5. The average Bonchev–Trinajstić information content (AvgIpc) is 3.12. The Bertz CT molecular complexity index is 1750. The molecule has 270 valence electrons. The highest BCUT2D eigenvalue weighted by atomic mass is 35.5. The second kappa shape index (κ2) is 17.3. The third-order valence-corrected chi connectivity index (χ3v) is 8.32. The summed E-state index contributed by atoms with van der Waals surface area (Å²) >= 11 is 13.0. The van der Waals surface area contributed by atoms with Gasteiger partial charge in [0.25, 0.3) is 17.7 Å². The molecule has 2 aliphatic rings. The number of benzene rings is 3. The van der Waals surface area contributed by atoms with E-state index >= 15 is 0 Å². The van der Waals surface area contributed by atoms with E-state index in [-0.39, 0.29) is 40.3 Å². The molecule has 0 bridgehead atoms. The molecule has 1 atom stereocenters. The Morgan fingerprint density at radius 1 is 0.961 bits per heavy atom. The number of amides is 3. The van der Waals surface area contributed by atoms with Gasteiger partial charge in [0.05, 0.1) is 41.9 Å². The number of ether oxygens (including phenoxy) is 2. The van der Waals surface area contributed by atoms with Crippen molar-refractivity contribution in [2.45, 2.75) is 18.6 Å². The third kappa shape index (κ3) is 10.7. The molecule has 17 heteroatoms. The summed E-state index contributed by atoms with van der Waals surface area (Å²) in [7, 11) is 0. The van der Waals surface area contributed by atoms with Gasteiger partial charge in [-0.15, -0.1) is 0 Å². The fourth-order valence-corrected chi connectivity index (χ4v) is 5.70. The lowest BCUT2D eigenvalue weighted by molar-refractivity contribution is -0.147. The van der Waals surface area contributed by atoms with E-state index in [1.54, 1.807) is 48.5 Å². The summed E-state index contributed by atoms with van der Waals surface area (Å²) in [4.78, 5) is 58.0. The second-order valence-electron chi connectivity index (χ2n) is 11.6. The monoisotopic (exact) mass is 745 g/mol. The first-order valence-corrected chi connectivity index (χ1v) is 16.6. The molecule has 3 aromatic carbocycles. The molecule has 0 spiro atoms.